The third-order valence-corrected chi connectivity index (χ3v) is 6.24. The highest BCUT2D eigenvalue weighted by Gasteiger charge is 2.14. The molecule has 0 fully saturated rings. The minimum Gasteiger partial charge on any atom is -0.299 e. The van der Waals surface area contributed by atoms with Crippen molar-refractivity contribution in [2.24, 2.45) is 5.10 Å². The second-order valence-corrected chi connectivity index (χ2v) is 8.47. The molecule has 0 saturated carbocycles. The number of rotatable bonds is 4. The van der Waals surface area contributed by atoms with Crippen LogP contribution in [0.5, 0.6) is 0 Å². The summed E-state index contributed by atoms with van der Waals surface area (Å²) in [6.07, 6.45) is 9.40. The first kappa shape index (κ1) is 20.8. The van der Waals surface area contributed by atoms with E-state index in [-0.39, 0.29) is 0 Å². The van der Waals surface area contributed by atoms with Crippen molar-refractivity contribution in [2.45, 2.75) is 0 Å². The lowest BCUT2D eigenvalue weighted by atomic mass is 9.90. The van der Waals surface area contributed by atoms with E-state index in [4.69, 9.17) is 5.41 Å². The maximum Gasteiger partial charge on any atom is 0.109 e. The van der Waals surface area contributed by atoms with Gasteiger partial charge in [0.1, 0.15) is 5.71 Å². The summed E-state index contributed by atoms with van der Waals surface area (Å²) in [5.41, 5.74) is 9.22. The van der Waals surface area contributed by atoms with Crippen molar-refractivity contribution >= 4 is 44.2 Å². The van der Waals surface area contributed by atoms with Gasteiger partial charge in [0, 0.05) is 18.0 Å². The van der Waals surface area contributed by atoms with E-state index < -0.39 is 0 Å². The van der Waals surface area contributed by atoms with Gasteiger partial charge in [-0.15, -0.1) is 0 Å². The Morgan fingerprint density at radius 2 is 1.51 bits per heavy atom. The van der Waals surface area contributed by atoms with Crippen molar-refractivity contribution in [1.29, 1.82) is 5.41 Å². The fourth-order valence-electron chi connectivity index (χ4n) is 4.51. The molecule has 35 heavy (non-hydrogen) atoms. The number of hydrazone groups is 1. The third kappa shape index (κ3) is 4.02. The lowest BCUT2D eigenvalue weighted by molar-refractivity contribution is 1.32. The number of hydrogen-bond donors (Lipinski definition) is 2. The molecule has 4 nitrogen and oxygen atoms in total. The van der Waals surface area contributed by atoms with E-state index in [1.54, 1.807) is 6.20 Å². The molecule has 2 N–H and O–H groups in total. The minimum atomic E-state index is 0.370. The largest absolute Gasteiger partial charge is 0.299 e. The van der Waals surface area contributed by atoms with Crippen LogP contribution in [0.4, 0.5) is 5.69 Å². The van der Waals surface area contributed by atoms with E-state index in [2.05, 4.69) is 70.1 Å². The Hall–Kier alpha value is -4.83. The van der Waals surface area contributed by atoms with Gasteiger partial charge in [0.05, 0.1) is 11.4 Å². The van der Waals surface area contributed by atoms with Crippen LogP contribution in [-0.4, -0.2) is 16.4 Å². The van der Waals surface area contributed by atoms with Gasteiger partial charge in [0.25, 0.3) is 0 Å². The number of anilines is 1. The molecule has 4 aromatic carbocycles. The first-order chi connectivity index (χ1) is 17.3. The van der Waals surface area contributed by atoms with Gasteiger partial charge in [0.2, 0.25) is 0 Å². The molecule has 0 amide bonds. The van der Waals surface area contributed by atoms with Crippen LogP contribution in [0, 0.1) is 5.41 Å². The number of fused-ring (bicyclic) bond motifs is 3. The number of allylic oxidation sites excluding steroid dienone is 4. The lowest BCUT2D eigenvalue weighted by Crippen LogP contribution is -2.13. The first-order valence-electron chi connectivity index (χ1n) is 11.5. The normalized spacial score (nSPS) is 14.5. The Bertz CT molecular complexity index is 1680. The third-order valence-electron chi connectivity index (χ3n) is 6.24. The van der Waals surface area contributed by atoms with Gasteiger partial charge in [-0.25, -0.2) is 0 Å². The van der Waals surface area contributed by atoms with E-state index >= 15 is 0 Å². The molecule has 1 aliphatic carbocycles. The predicted octanol–water partition coefficient (Wildman–Crippen LogP) is 7.50. The Labute approximate surface area is 203 Å². The standard InChI is InChI=1S/C31H22N4/c32-30-15-14-23(29-18-22-7-1-2-11-26(22)27-12-3-4-13-28(27)29)19-31(30)35-34-25-10-5-8-21(17-25)24-9-6-16-33-20-24/h1-20,32,34H/b32-30?,35-31-. The average Bonchev–Trinajstić information content (AvgIpc) is 2.93. The van der Waals surface area contributed by atoms with Crippen LogP contribution >= 0.6 is 0 Å². The topological polar surface area (TPSA) is 61.1 Å². The molecule has 1 heterocycles. The summed E-state index contributed by atoms with van der Waals surface area (Å²) in [7, 11) is 0. The Morgan fingerprint density at radius 1 is 0.714 bits per heavy atom. The van der Waals surface area contributed by atoms with Gasteiger partial charge in [-0.05, 0) is 74.7 Å². The van der Waals surface area contributed by atoms with E-state index in [0.717, 1.165) is 28.0 Å². The summed E-state index contributed by atoms with van der Waals surface area (Å²) in [6, 6.07) is 31.1. The predicted molar refractivity (Wildman–Crippen MR) is 147 cm³/mol. The molecule has 0 atom stereocenters. The molecular formula is C31H22N4. The fourth-order valence-corrected chi connectivity index (χ4v) is 4.51. The maximum absolute atomic E-state index is 8.42. The summed E-state index contributed by atoms with van der Waals surface area (Å²) in [6.45, 7) is 0. The van der Waals surface area contributed by atoms with Gasteiger partial charge in [-0.3, -0.25) is 15.8 Å². The van der Waals surface area contributed by atoms with Gasteiger partial charge in [-0.1, -0.05) is 72.8 Å². The molecule has 0 radical (unpaired) electrons. The van der Waals surface area contributed by atoms with Crippen LogP contribution in [0.15, 0.2) is 127 Å². The van der Waals surface area contributed by atoms with E-state index in [9.17, 15) is 0 Å². The minimum absolute atomic E-state index is 0.370. The first-order valence-corrected chi connectivity index (χ1v) is 11.5. The van der Waals surface area contributed by atoms with Crippen molar-refractivity contribution in [1.82, 2.24) is 4.98 Å². The van der Waals surface area contributed by atoms with E-state index in [1.807, 2.05) is 60.8 Å². The van der Waals surface area contributed by atoms with Crippen LogP contribution in [0.1, 0.15) is 5.56 Å². The van der Waals surface area contributed by atoms with Crippen LogP contribution in [0.3, 0.4) is 0 Å². The number of nitrogens with one attached hydrogen (secondary N) is 2. The highest BCUT2D eigenvalue weighted by Crippen LogP contribution is 2.33. The molecule has 0 bridgehead atoms. The second-order valence-electron chi connectivity index (χ2n) is 8.47. The maximum atomic E-state index is 8.42. The zero-order chi connectivity index (χ0) is 23.6. The molecular weight excluding hydrogens is 428 g/mol. The Morgan fingerprint density at radius 3 is 2.37 bits per heavy atom. The van der Waals surface area contributed by atoms with Gasteiger partial charge < -0.3 is 0 Å². The molecule has 1 aromatic heterocycles. The van der Waals surface area contributed by atoms with Gasteiger partial charge in [0.15, 0.2) is 0 Å². The van der Waals surface area contributed by atoms with Crippen molar-refractivity contribution in [3.63, 3.8) is 0 Å². The summed E-state index contributed by atoms with van der Waals surface area (Å²) in [5.74, 6) is 0. The smallest absolute Gasteiger partial charge is 0.109 e. The zero-order valence-electron chi connectivity index (χ0n) is 18.9. The van der Waals surface area contributed by atoms with Gasteiger partial charge in [-0.2, -0.15) is 5.10 Å². The number of hydrogen-bond acceptors (Lipinski definition) is 4. The summed E-state index contributed by atoms with van der Waals surface area (Å²) >= 11 is 0. The number of nitrogens with zero attached hydrogens (tertiary/aromatic N) is 2. The zero-order valence-corrected chi connectivity index (χ0v) is 18.9. The van der Waals surface area contributed by atoms with Crippen molar-refractivity contribution in [3.05, 3.63) is 127 Å². The second kappa shape index (κ2) is 8.84. The van der Waals surface area contributed by atoms with Gasteiger partial charge >= 0.3 is 0 Å². The van der Waals surface area contributed by atoms with Crippen LogP contribution in [0.2, 0.25) is 0 Å². The SMILES string of the molecule is N=C1C=CC(c2cc3ccccc3c3ccccc23)=C/C1=N/Nc1cccc(-c2cccnc2)c1. The van der Waals surface area contributed by atoms with Crippen molar-refractivity contribution in [2.75, 3.05) is 5.43 Å². The highest BCUT2D eigenvalue weighted by molar-refractivity contribution is 6.51. The molecule has 0 unspecified atom stereocenters. The van der Waals surface area contributed by atoms with Crippen LogP contribution < -0.4 is 5.43 Å². The Kier molecular flexibility index (Phi) is 5.24. The fraction of sp³-hybridized carbons (Fsp3) is 0. The van der Waals surface area contributed by atoms with Crippen molar-refractivity contribution < 1.29 is 0 Å². The molecule has 4 heteroatoms. The summed E-state index contributed by atoms with van der Waals surface area (Å²) in [5, 5.41) is 17.9. The molecule has 6 rings (SSSR count). The summed E-state index contributed by atoms with van der Waals surface area (Å²) < 4.78 is 0. The lowest BCUT2D eigenvalue weighted by Gasteiger charge is -2.15. The van der Waals surface area contributed by atoms with Crippen molar-refractivity contribution in [3.8, 4) is 11.1 Å². The number of aromatic nitrogens is 1. The monoisotopic (exact) mass is 450 g/mol. The number of pyridine rings is 1. The molecule has 0 saturated heterocycles. The van der Waals surface area contributed by atoms with E-state index in [1.165, 1.54) is 21.5 Å². The van der Waals surface area contributed by atoms with E-state index in [0.29, 0.717) is 11.4 Å². The molecule has 0 spiro atoms. The Balaban J connectivity index is 1.38. The molecule has 1 aliphatic rings. The highest BCUT2D eigenvalue weighted by atomic mass is 15.3. The average molecular weight is 451 g/mol. The number of benzene rings is 4. The summed E-state index contributed by atoms with van der Waals surface area (Å²) in [4.78, 5) is 4.21. The molecule has 0 aliphatic heterocycles. The molecule has 166 valence electrons. The molecule has 5 aromatic rings. The van der Waals surface area contributed by atoms with Crippen LogP contribution in [-0.2, 0) is 0 Å². The van der Waals surface area contributed by atoms with Crippen LogP contribution in [0.25, 0.3) is 38.2 Å². The quantitative estimate of drug-likeness (QED) is 0.169.